The second-order valence-electron chi connectivity index (χ2n) is 10.0. The van der Waals surface area contributed by atoms with Crippen LogP contribution in [0, 0.1) is 0 Å². The summed E-state index contributed by atoms with van der Waals surface area (Å²) in [6.45, 7) is 0. The van der Waals surface area contributed by atoms with Gasteiger partial charge in [0.1, 0.15) is 0 Å². The number of benzene rings is 3. The predicted molar refractivity (Wildman–Crippen MR) is 170 cm³/mol. The highest BCUT2D eigenvalue weighted by molar-refractivity contribution is 5.87. The third-order valence-electron chi connectivity index (χ3n) is 7.32. The van der Waals surface area contributed by atoms with Crippen molar-refractivity contribution in [1.29, 1.82) is 0 Å². The molecule has 0 bridgehead atoms. The molecule has 0 saturated heterocycles. The van der Waals surface area contributed by atoms with Crippen LogP contribution in [0.3, 0.4) is 0 Å². The average Bonchev–Trinajstić information content (AvgIpc) is 3.09. The van der Waals surface area contributed by atoms with Crippen LogP contribution in [0.15, 0.2) is 158 Å². The number of hydrogen-bond donors (Lipinski definition) is 0. The minimum absolute atomic E-state index is 0.863. The summed E-state index contributed by atoms with van der Waals surface area (Å²) in [5.41, 5.74) is 12.5. The van der Waals surface area contributed by atoms with Gasteiger partial charge >= 0.3 is 0 Å². The van der Waals surface area contributed by atoms with Gasteiger partial charge in [-0.15, -0.1) is 0 Å². The van der Waals surface area contributed by atoms with Gasteiger partial charge in [-0.1, -0.05) is 84.9 Å². The Morgan fingerprint density at radius 1 is 0.286 bits per heavy atom. The molecule has 0 atom stereocenters. The molecule has 0 aliphatic rings. The Bertz CT molecular complexity index is 1800. The smallest absolute Gasteiger partial charge is 0.0886 e. The Labute approximate surface area is 245 Å². The zero-order valence-electron chi connectivity index (χ0n) is 22.8. The highest BCUT2D eigenvalue weighted by Crippen LogP contribution is 2.36. The second kappa shape index (κ2) is 11.4. The van der Waals surface area contributed by atoms with Crippen LogP contribution >= 0.6 is 0 Å². The van der Waals surface area contributed by atoms with Gasteiger partial charge in [0, 0.05) is 35.9 Å². The maximum atomic E-state index is 4.68. The quantitative estimate of drug-likeness (QED) is 0.212. The lowest BCUT2D eigenvalue weighted by atomic mass is 9.91. The van der Waals surface area contributed by atoms with Gasteiger partial charge in [0.25, 0.3) is 0 Å². The molecule has 0 unspecified atom stereocenters. The first-order valence-electron chi connectivity index (χ1n) is 13.9. The van der Waals surface area contributed by atoms with Crippen molar-refractivity contribution in [3.63, 3.8) is 0 Å². The summed E-state index contributed by atoms with van der Waals surface area (Å²) in [7, 11) is 0. The molecular formula is C38H26N4. The van der Waals surface area contributed by atoms with Crippen molar-refractivity contribution in [1.82, 2.24) is 19.9 Å². The fraction of sp³-hybridized carbons (Fsp3) is 0. The maximum absolute atomic E-state index is 4.68. The molecule has 0 fully saturated rings. The zero-order chi connectivity index (χ0) is 28.1. The SMILES string of the molecule is c1ccc(-c2ccc(-c3cccc(-c4ccccc4-c4cccc(-c5ccc(-c6ccccn6)nc5)c4)c3)cn2)nc1. The number of pyridine rings is 4. The predicted octanol–water partition coefficient (Wildman–Crippen LogP) is 9.27. The Kier molecular flexibility index (Phi) is 6.85. The second-order valence-corrected chi connectivity index (χ2v) is 10.0. The van der Waals surface area contributed by atoms with Crippen LogP contribution in [0.2, 0.25) is 0 Å². The first kappa shape index (κ1) is 25.2. The van der Waals surface area contributed by atoms with Gasteiger partial charge in [-0.05, 0) is 81.9 Å². The molecule has 4 aromatic heterocycles. The average molecular weight is 539 g/mol. The van der Waals surface area contributed by atoms with E-state index in [0.717, 1.165) is 56.2 Å². The molecule has 198 valence electrons. The van der Waals surface area contributed by atoms with Crippen LogP contribution in [0.4, 0.5) is 0 Å². The normalized spacial score (nSPS) is 10.9. The number of rotatable bonds is 6. The van der Waals surface area contributed by atoms with Crippen molar-refractivity contribution in [2.45, 2.75) is 0 Å². The molecule has 0 amide bonds. The lowest BCUT2D eigenvalue weighted by Crippen LogP contribution is -1.90. The van der Waals surface area contributed by atoms with E-state index in [1.165, 1.54) is 11.1 Å². The molecule has 4 heteroatoms. The molecule has 7 aromatic rings. The first-order valence-corrected chi connectivity index (χ1v) is 13.9. The minimum Gasteiger partial charge on any atom is -0.255 e. The van der Waals surface area contributed by atoms with Crippen LogP contribution in [0.25, 0.3) is 67.3 Å². The molecule has 4 nitrogen and oxygen atoms in total. The van der Waals surface area contributed by atoms with E-state index in [0.29, 0.717) is 0 Å². The van der Waals surface area contributed by atoms with Crippen molar-refractivity contribution in [2.75, 3.05) is 0 Å². The summed E-state index contributed by atoms with van der Waals surface area (Å²) < 4.78 is 0. The van der Waals surface area contributed by atoms with Gasteiger partial charge in [0.15, 0.2) is 0 Å². The van der Waals surface area contributed by atoms with E-state index in [1.807, 2.05) is 60.9 Å². The lowest BCUT2D eigenvalue weighted by molar-refractivity contribution is 1.25. The summed E-state index contributed by atoms with van der Waals surface area (Å²) in [5.74, 6) is 0. The van der Waals surface area contributed by atoms with Gasteiger partial charge in [-0.25, -0.2) is 0 Å². The monoisotopic (exact) mass is 538 g/mol. The van der Waals surface area contributed by atoms with Crippen molar-refractivity contribution in [3.8, 4) is 67.3 Å². The van der Waals surface area contributed by atoms with E-state index in [-0.39, 0.29) is 0 Å². The minimum atomic E-state index is 0.863. The van der Waals surface area contributed by atoms with E-state index in [4.69, 9.17) is 0 Å². The fourth-order valence-electron chi connectivity index (χ4n) is 5.18. The third-order valence-corrected chi connectivity index (χ3v) is 7.32. The maximum Gasteiger partial charge on any atom is 0.0886 e. The molecule has 0 aliphatic heterocycles. The van der Waals surface area contributed by atoms with E-state index in [1.54, 1.807) is 12.4 Å². The molecule has 0 radical (unpaired) electrons. The summed E-state index contributed by atoms with van der Waals surface area (Å²) >= 11 is 0. The summed E-state index contributed by atoms with van der Waals surface area (Å²) in [5, 5.41) is 0. The summed E-state index contributed by atoms with van der Waals surface area (Å²) in [6, 6.07) is 45.9. The van der Waals surface area contributed by atoms with Gasteiger partial charge in [-0.2, -0.15) is 0 Å². The standard InChI is InChI=1S/C38H26N4/c1-2-14-34(30-12-8-10-28(24-30)32-18-20-38(42-26-32)36-16-4-6-22-40-36)33(13-1)29-11-7-9-27(23-29)31-17-19-37(41-25-31)35-15-3-5-21-39-35/h1-26H. The highest BCUT2D eigenvalue weighted by atomic mass is 14.8. The van der Waals surface area contributed by atoms with Gasteiger partial charge in [0.05, 0.1) is 22.8 Å². The Morgan fingerprint density at radius 2 is 0.714 bits per heavy atom. The van der Waals surface area contributed by atoms with Crippen LogP contribution in [-0.4, -0.2) is 19.9 Å². The van der Waals surface area contributed by atoms with Crippen LogP contribution in [0.1, 0.15) is 0 Å². The molecular weight excluding hydrogens is 512 g/mol. The van der Waals surface area contributed by atoms with E-state index >= 15 is 0 Å². The number of aromatic nitrogens is 4. The highest BCUT2D eigenvalue weighted by Gasteiger charge is 2.11. The molecule has 0 saturated carbocycles. The lowest BCUT2D eigenvalue weighted by Gasteiger charge is -2.13. The topological polar surface area (TPSA) is 51.6 Å². The van der Waals surface area contributed by atoms with E-state index < -0.39 is 0 Å². The fourth-order valence-corrected chi connectivity index (χ4v) is 5.18. The van der Waals surface area contributed by atoms with Crippen molar-refractivity contribution < 1.29 is 0 Å². The summed E-state index contributed by atoms with van der Waals surface area (Å²) in [4.78, 5) is 18.2. The van der Waals surface area contributed by atoms with E-state index in [2.05, 4.69) is 105 Å². The molecule has 4 heterocycles. The van der Waals surface area contributed by atoms with Crippen molar-refractivity contribution >= 4 is 0 Å². The number of hydrogen-bond acceptors (Lipinski definition) is 4. The van der Waals surface area contributed by atoms with Gasteiger partial charge in [0.2, 0.25) is 0 Å². The molecule has 42 heavy (non-hydrogen) atoms. The van der Waals surface area contributed by atoms with Gasteiger partial charge < -0.3 is 0 Å². The molecule has 7 rings (SSSR count). The third kappa shape index (κ3) is 5.21. The van der Waals surface area contributed by atoms with Crippen LogP contribution < -0.4 is 0 Å². The van der Waals surface area contributed by atoms with Crippen LogP contribution in [0.5, 0.6) is 0 Å². The number of nitrogens with zero attached hydrogens (tertiary/aromatic N) is 4. The van der Waals surface area contributed by atoms with Gasteiger partial charge in [-0.3, -0.25) is 19.9 Å². The molecule has 0 aliphatic carbocycles. The van der Waals surface area contributed by atoms with E-state index in [9.17, 15) is 0 Å². The van der Waals surface area contributed by atoms with Crippen LogP contribution in [-0.2, 0) is 0 Å². The molecule has 0 N–H and O–H groups in total. The molecule has 0 spiro atoms. The summed E-state index contributed by atoms with van der Waals surface area (Å²) in [6.07, 6.45) is 7.42. The Balaban J connectivity index is 1.20. The zero-order valence-corrected chi connectivity index (χ0v) is 22.8. The largest absolute Gasteiger partial charge is 0.255 e. The first-order chi connectivity index (χ1) is 20.8. The van der Waals surface area contributed by atoms with Crippen molar-refractivity contribution in [2.24, 2.45) is 0 Å². The Morgan fingerprint density at radius 3 is 1.12 bits per heavy atom. The Hall–Kier alpha value is -5.74. The van der Waals surface area contributed by atoms with Crippen molar-refractivity contribution in [3.05, 3.63) is 158 Å². The molecule has 3 aromatic carbocycles.